The van der Waals surface area contributed by atoms with Gasteiger partial charge in [0.15, 0.2) is 0 Å². The maximum Gasteiger partial charge on any atom is 0.306 e. The van der Waals surface area contributed by atoms with Crippen LogP contribution < -0.4 is 0 Å². The van der Waals surface area contributed by atoms with E-state index < -0.39 is 5.97 Å². The van der Waals surface area contributed by atoms with Crippen LogP contribution in [0.1, 0.15) is 52.8 Å². The smallest absolute Gasteiger partial charge is 0.306 e. The van der Waals surface area contributed by atoms with Crippen molar-refractivity contribution in [3.63, 3.8) is 0 Å². The first-order valence-corrected chi connectivity index (χ1v) is 7.88. The van der Waals surface area contributed by atoms with Gasteiger partial charge in [-0.25, -0.2) is 9.67 Å². The highest BCUT2D eigenvalue weighted by atomic mass is 16.4. The molecule has 1 fully saturated rings. The van der Waals surface area contributed by atoms with Crippen LogP contribution in [-0.2, 0) is 17.8 Å². The molecule has 5 nitrogen and oxygen atoms in total. The Kier molecular flexibility index (Phi) is 4.69. The Labute approximate surface area is 126 Å². The van der Waals surface area contributed by atoms with E-state index in [9.17, 15) is 9.90 Å². The molecule has 1 aliphatic carbocycles. The van der Waals surface area contributed by atoms with Crippen molar-refractivity contribution >= 4 is 5.97 Å². The molecule has 0 amide bonds. The molecule has 2 rings (SSSR count). The molecule has 0 bridgehead atoms. The largest absolute Gasteiger partial charge is 0.481 e. The third-order valence-electron chi connectivity index (χ3n) is 4.51. The van der Waals surface area contributed by atoms with E-state index in [0.29, 0.717) is 12.3 Å². The molecule has 1 heterocycles. The van der Waals surface area contributed by atoms with Crippen molar-refractivity contribution in [2.24, 2.45) is 23.2 Å². The minimum Gasteiger partial charge on any atom is -0.481 e. The second-order valence-electron chi connectivity index (χ2n) is 7.57. The molecule has 1 saturated carbocycles. The Morgan fingerprint density at radius 1 is 1.52 bits per heavy atom. The molecule has 0 aliphatic heterocycles. The topological polar surface area (TPSA) is 68.0 Å². The van der Waals surface area contributed by atoms with Crippen LogP contribution in [0.3, 0.4) is 0 Å². The summed E-state index contributed by atoms with van der Waals surface area (Å²) in [6.45, 7) is 9.60. The fourth-order valence-corrected chi connectivity index (χ4v) is 3.45. The highest BCUT2D eigenvalue weighted by Gasteiger charge is 2.39. The normalized spacial score (nSPS) is 25.2. The van der Waals surface area contributed by atoms with E-state index in [4.69, 9.17) is 0 Å². The molecule has 2 atom stereocenters. The molecule has 0 spiro atoms. The lowest BCUT2D eigenvalue weighted by Crippen LogP contribution is -2.36. The molecule has 1 aromatic rings. The van der Waals surface area contributed by atoms with Crippen molar-refractivity contribution in [1.82, 2.24) is 14.8 Å². The SMILES string of the molecule is CC(C)Cn1ncnc1CC1CC(C)(C)CCC1C(=O)O. The Hall–Kier alpha value is -1.39. The zero-order valence-electron chi connectivity index (χ0n) is 13.5. The molecule has 1 N–H and O–H groups in total. The average molecular weight is 293 g/mol. The summed E-state index contributed by atoms with van der Waals surface area (Å²) in [5.41, 5.74) is 0.222. The van der Waals surface area contributed by atoms with Gasteiger partial charge in [0.2, 0.25) is 0 Å². The average Bonchev–Trinajstić information content (AvgIpc) is 2.74. The van der Waals surface area contributed by atoms with E-state index >= 15 is 0 Å². The second-order valence-corrected chi connectivity index (χ2v) is 7.57. The van der Waals surface area contributed by atoms with E-state index in [1.807, 2.05) is 4.68 Å². The number of rotatable bonds is 5. The minimum atomic E-state index is -0.662. The quantitative estimate of drug-likeness (QED) is 0.906. The Bertz CT molecular complexity index is 493. The lowest BCUT2D eigenvalue weighted by molar-refractivity contribution is -0.146. The maximum atomic E-state index is 11.5. The number of carboxylic acids is 1. The third-order valence-corrected chi connectivity index (χ3v) is 4.51. The van der Waals surface area contributed by atoms with E-state index in [2.05, 4.69) is 37.8 Å². The molecule has 5 heteroatoms. The van der Waals surface area contributed by atoms with Crippen molar-refractivity contribution in [3.8, 4) is 0 Å². The van der Waals surface area contributed by atoms with Crippen LogP contribution in [0.25, 0.3) is 0 Å². The molecule has 1 aliphatic rings. The van der Waals surface area contributed by atoms with Crippen LogP contribution in [0, 0.1) is 23.2 Å². The number of carboxylic acid groups (broad SMARTS) is 1. The summed E-state index contributed by atoms with van der Waals surface area (Å²) < 4.78 is 1.94. The van der Waals surface area contributed by atoms with Crippen LogP contribution >= 0.6 is 0 Å². The van der Waals surface area contributed by atoms with Gasteiger partial charge in [0.25, 0.3) is 0 Å². The van der Waals surface area contributed by atoms with Crippen LogP contribution in [0.2, 0.25) is 0 Å². The van der Waals surface area contributed by atoms with Gasteiger partial charge in [0.05, 0.1) is 5.92 Å². The molecular weight excluding hydrogens is 266 g/mol. The first kappa shape index (κ1) is 16.0. The molecule has 1 aromatic heterocycles. The van der Waals surface area contributed by atoms with Gasteiger partial charge in [-0.2, -0.15) is 5.10 Å². The van der Waals surface area contributed by atoms with Crippen LogP contribution in [0.4, 0.5) is 0 Å². The Morgan fingerprint density at radius 2 is 2.24 bits per heavy atom. The van der Waals surface area contributed by atoms with E-state index in [1.165, 1.54) is 0 Å². The predicted octanol–water partition coefficient (Wildman–Crippen LogP) is 3.00. The number of hydrogen-bond donors (Lipinski definition) is 1. The number of hydrogen-bond acceptors (Lipinski definition) is 3. The molecular formula is C16H27N3O2. The van der Waals surface area contributed by atoms with Gasteiger partial charge in [-0.3, -0.25) is 4.79 Å². The van der Waals surface area contributed by atoms with Crippen molar-refractivity contribution < 1.29 is 9.90 Å². The third kappa shape index (κ3) is 4.05. The number of carbonyl (C=O) groups is 1. The second kappa shape index (κ2) is 6.16. The molecule has 118 valence electrons. The summed E-state index contributed by atoms with van der Waals surface area (Å²) in [6, 6.07) is 0. The fraction of sp³-hybridized carbons (Fsp3) is 0.812. The summed E-state index contributed by atoms with van der Waals surface area (Å²) in [4.78, 5) is 15.9. The van der Waals surface area contributed by atoms with E-state index in [-0.39, 0.29) is 17.3 Å². The zero-order chi connectivity index (χ0) is 15.6. The number of aliphatic carboxylic acids is 1. The zero-order valence-corrected chi connectivity index (χ0v) is 13.5. The van der Waals surface area contributed by atoms with Crippen LogP contribution in [0.5, 0.6) is 0 Å². The molecule has 2 unspecified atom stereocenters. The van der Waals surface area contributed by atoms with E-state index in [1.54, 1.807) is 6.33 Å². The highest BCUT2D eigenvalue weighted by Crippen LogP contribution is 2.43. The highest BCUT2D eigenvalue weighted by molar-refractivity contribution is 5.70. The van der Waals surface area contributed by atoms with Crippen molar-refractivity contribution in [3.05, 3.63) is 12.2 Å². The van der Waals surface area contributed by atoms with Crippen LogP contribution in [0.15, 0.2) is 6.33 Å². The van der Waals surface area contributed by atoms with Gasteiger partial charge in [-0.15, -0.1) is 0 Å². The van der Waals surface area contributed by atoms with Gasteiger partial charge >= 0.3 is 5.97 Å². The molecule has 0 aromatic carbocycles. The summed E-state index contributed by atoms with van der Waals surface area (Å²) in [6.07, 6.45) is 5.00. The van der Waals surface area contributed by atoms with Crippen molar-refractivity contribution in [2.75, 3.05) is 0 Å². The van der Waals surface area contributed by atoms with Crippen molar-refractivity contribution in [1.29, 1.82) is 0 Å². The monoisotopic (exact) mass is 293 g/mol. The fourth-order valence-electron chi connectivity index (χ4n) is 3.45. The standard InChI is InChI=1S/C16H27N3O2/c1-11(2)9-19-14(17-10-18-19)7-12-8-16(3,4)6-5-13(12)15(20)21/h10-13H,5-9H2,1-4H3,(H,20,21). The Balaban J connectivity index is 2.14. The number of nitrogens with zero attached hydrogens (tertiary/aromatic N) is 3. The maximum absolute atomic E-state index is 11.5. The summed E-state index contributed by atoms with van der Waals surface area (Å²) in [5, 5.41) is 13.8. The molecule has 21 heavy (non-hydrogen) atoms. The van der Waals surface area contributed by atoms with Gasteiger partial charge < -0.3 is 5.11 Å². The molecule has 0 radical (unpaired) electrons. The minimum absolute atomic E-state index is 0.154. The van der Waals surface area contributed by atoms with Gasteiger partial charge in [0, 0.05) is 13.0 Å². The van der Waals surface area contributed by atoms with E-state index in [0.717, 1.165) is 31.6 Å². The number of aromatic nitrogens is 3. The summed E-state index contributed by atoms with van der Waals surface area (Å²) >= 11 is 0. The van der Waals surface area contributed by atoms with Gasteiger partial charge in [-0.1, -0.05) is 27.7 Å². The summed E-state index contributed by atoms with van der Waals surface area (Å²) in [5.74, 6) is 0.676. The first-order chi connectivity index (χ1) is 9.78. The lowest BCUT2D eigenvalue weighted by Gasteiger charge is -2.39. The van der Waals surface area contributed by atoms with Gasteiger partial charge in [0.1, 0.15) is 12.2 Å². The first-order valence-electron chi connectivity index (χ1n) is 7.88. The summed E-state index contributed by atoms with van der Waals surface area (Å²) in [7, 11) is 0. The van der Waals surface area contributed by atoms with Gasteiger partial charge in [-0.05, 0) is 36.5 Å². The van der Waals surface area contributed by atoms with Crippen molar-refractivity contribution in [2.45, 2.75) is 59.9 Å². The van der Waals surface area contributed by atoms with Crippen LogP contribution in [-0.4, -0.2) is 25.8 Å². The predicted molar refractivity (Wildman–Crippen MR) is 80.8 cm³/mol. The molecule has 0 saturated heterocycles. The Morgan fingerprint density at radius 3 is 2.86 bits per heavy atom. The lowest BCUT2D eigenvalue weighted by atomic mass is 9.66.